The Morgan fingerprint density at radius 3 is 2.83 bits per heavy atom. The predicted octanol–water partition coefficient (Wildman–Crippen LogP) is 1.54. The molecule has 3 aliphatic heterocycles. The summed E-state index contributed by atoms with van der Waals surface area (Å²) >= 11 is 0. The van der Waals surface area contributed by atoms with Crippen molar-refractivity contribution in [3.63, 3.8) is 0 Å². The van der Waals surface area contributed by atoms with Gasteiger partial charge < -0.3 is 19.1 Å². The van der Waals surface area contributed by atoms with Gasteiger partial charge in [0.05, 0.1) is 25.8 Å². The zero-order chi connectivity index (χ0) is 19.8. The fourth-order valence-corrected chi connectivity index (χ4v) is 4.65. The van der Waals surface area contributed by atoms with Gasteiger partial charge >= 0.3 is 0 Å². The number of fused-ring (bicyclic) bond motifs is 1. The minimum absolute atomic E-state index is 0.0131. The Morgan fingerprint density at radius 1 is 1.10 bits per heavy atom. The highest BCUT2D eigenvalue weighted by atomic mass is 16.5. The van der Waals surface area contributed by atoms with E-state index in [0.717, 1.165) is 88.2 Å². The fourth-order valence-electron chi connectivity index (χ4n) is 4.65. The summed E-state index contributed by atoms with van der Waals surface area (Å²) in [6, 6.07) is 8.03. The van der Waals surface area contributed by atoms with Crippen molar-refractivity contribution in [2.24, 2.45) is 0 Å². The topological polar surface area (TPSA) is 66.7 Å². The SMILES string of the molecule is CN1CCn2c(nnc2[C@H]2CCCN2C(=O)c2cccc(N3CCOCC3)c2)C1. The molecule has 0 spiro atoms. The van der Waals surface area contributed by atoms with Gasteiger partial charge in [0, 0.05) is 44.0 Å². The molecule has 0 N–H and O–H groups in total. The van der Waals surface area contributed by atoms with Crippen LogP contribution in [0.2, 0.25) is 0 Å². The van der Waals surface area contributed by atoms with E-state index >= 15 is 0 Å². The van der Waals surface area contributed by atoms with Gasteiger partial charge in [-0.3, -0.25) is 9.69 Å². The lowest BCUT2D eigenvalue weighted by atomic mass is 10.1. The summed E-state index contributed by atoms with van der Waals surface area (Å²) in [6.45, 7) is 6.66. The first-order valence-electron chi connectivity index (χ1n) is 10.5. The van der Waals surface area contributed by atoms with Gasteiger partial charge in [-0.1, -0.05) is 6.07 Å². The minimum Gasteiger partial charge on any atom is -0.378 e. The molecule has 0 radical (unpaired) electrons. The highest BCUT2D eigenvalue weighted by molar-refractivity contribution is 5.95. The number of ether oxygens (including phenoxy) is 1. The molecule has 0 bridgehead atoms. The average molecular weight is 396 g/mol. The fraction of sp³-hybridized carbons (Fsp3) is 0.571. The third-order valence-electron chi connectivity index (χ3n) is 6.25. The zero-order valence-electron chi connectivity index (χ0n) is 17.0. The first kappa shape index (κ1) is 18.6. The molecule has 1 aromatic carbocycles. The molecule has 8 nitrogen and oxygen atoms in total. The molecule has 4 heterocycles. The van der Waals surface area contributed by atoms with E-state index in [1.54, 1.807) is 0 Å². The number of aromatic nitrogens is 3. The van der Waals surface area contributed by atoms with Crippen LogP contribution in [0.3, 0.4) is 0 Å². The number of nitrogens with zero attached hydrogens (tertiary/aromatic N) is 6. The van der Waals surface area contributed by atoms with Crippen molar-refractivity contribution in [1.82, 2.24) is 24.6 Å². The number of carbonyl (C=O) groups is 1. The summed E-state index contributed by atoms with van der Waals surface area (Å²) in [5.41, 5.74) is 1.84. The Kier molecular flexibility index (Phi) is 4.97. The molecule has 0 unspecified atom stereocenters. The standard InChI is InChI=1S/C21H28N6O2/c1-24-8-9-27-19(15-24)22-23-20(27)18-6-3-7-26(18)21(28)16-4-2-5-17(14-16)25-10-12-29-13-11-25/h2,4-5,14,18H,3,6-13,15H2,1H3/t18-/m1/s1. The van der Waals surface area contributed by atoms with E-state index in [0.29, 0.717) is 0 Å². The van der Waals surface area contributed by atoms with Gasteiger partial charge in [0.15, 0.2) is 5.82 Å². The lowest BCUT2D eigenvalue weighted by Crippen LogP contribution is -2.37. The number of hydrogen-bond donors (Lipinski definition) is 0. The Bertz CT molecular complexity index is 891. The van der Waals surface area contributed by atoms with Gasteiger partial charge in [0.1, 0.15) is 5.82 Å². The maximum atomic E-state index is 13.4. The number of rotatable bonds is 3. The number of morpholine rings is 1. The van der Waals surface area contributed by atoms with Crippen molar-refractivity contribution < 1.29 is 9.53 Å². The average Bonchev–Trinajstić information content (AvgIpc) is 3.40. The number of carbonyl (C=O) groups excluding carboxylic acids is 1. The van der Waals surface area contributed by atoms with Gasteiger partial charge in [-0.25, -0.2) is 0 Å². The van der Waals surface area contributed by atoms with Crippen molar-refractivity contribution in [3.8, 4) is 0 Å². The van der Waals surface area contributed by atoms with Gasteiger partial charge in [0.25, 0.3) is 5.91 Å². The Hall–Kier alpha value is -2.45. The lowest BCUT2D eigenvalue weighted by Gasteiger charge is -2.30. The van der Waals surface area contributed by atoms with Crippen molar-refractivity contribution in [1.29, 1.82) is 0 Å². The second-order valence-electron chi connectivity index (χ2n) is 8.17. The summed E-state index contributed by atoms with van der Waals surface area (Å²) in [6.07, 6.45) is 1.95. The van der Waals surface area contributed by atoms with Crippen molar-refractivity contribution in [2.45, 2.75) is 32.0 Å². The normalized spacial score (nSPS) is 22.7. The molecule has 2 fully saturated rings. The smallest absolute Gasteiger partial charge is 0.254 e. The quantitative estimate of drug-likeness (QED) is 0.784. The van der Waals surface area contributed by atoms with E-state index in [2.05, 4.69) is 37.7 Å². The molecule has 1 amide bonds. The minimum atomic E-state index is 0.0131. The van der Waals surface area contributed by atoms with Gasteiger partial charge in [-0.2, -0.15) is 0 Å². The summed E-state index contributed by atoms with van der Waals surface area (Å²) in [4.78, 5) is 20.0. The van der Waals surface area contributed by atoms with E-state index in [1.807, 2.05) is 23.1 Å². The van der Waals surface area contributed by atoms with Gasteiger partial charge in [-0.15, -0.1) is 10.2 Å². The van der Waals surface area contributed by atoms with Crippen molar-refractivity contribution >= 4 is 11.6 Å². The van der Waals surface area contributed by atoms with Crippen LogP contribution in [0.5, 0.6) is 0 Å². The summed E-state index contributed by atoms with van der Waals surface area (Å²) < 4.78 is 7.68. The Balaban J connectivity index is 1.38. The Morgan fingerprint density at radius 2 is 1.97 bits per heavy atom. The first-order chi connectivity index (χ1) is 14.2. The summed E-state index contributed by atoms with van der Waals surface area (Å²) in [7, 11) is 2.10. The number of likely N-dealkylation sites (N-methyl/N-ethyl adjacent to an activating group) is 1. The first-order valence-corrected chi connectivity index (χ1v) is 10.5. The second kappa shape index (κ2) is 7.76. The van der Waals surface area contributed by atoms with Crippen LogP contribution in [0.25, 0.3) is 0 Å². The maximum absolute atomic E-state index is 13.4. The van der Waals surface area contributed by atoms with Crippen LogP contribution in [0.1, 0.15) is 40.9 Å². The molecule has 3 aliphatic rings. The van der Waals surface area contributed by atoms with Crippen LogP contribution in [-0.2, 0) is 17.8 Å². The van der Waals surface area contributed by atoms with Crippen LogP contribution >= 0.6 is 0 Å². The number of benzene rings is 1. The van der Waals surface area contributed by atoms with Gasteiger partial charge in [0.2, 0.25) is 0 Å². The second-order valence-corrected chi connectivity index (χ2v) is 8.17. The van der Waals surface area contributed by atoms with Crippen LogP contribution in [0.4, 0.5) is 5.69 Å². The monoisotopic (exact) mass is 396 g/mol. The Labute approximate surface area is 171 Å². The molecule has 2 saturated heterocycles. The molecular formula is C21H28N6O2. The third kappa shape index (κ3) is 3.51. The number of likely N-dealkylation sites (tertiary alicyclic amines) is 1. The molecule has 1 atom stereocenters. The highest BCUT2D eigenvalue weighted by Gasteiger charge is 2.35. The van der Waals surface area contributed by atoms with Crippen LogP contribution < -0.4 is 4.90 Å². The van der Waals surface area contributed by atoms with E-state index < -0.39 is 0 Å². The number of amides is 1. The van der Waals surface area contributed by atoms with E-state index in [1.165, 1.54) is 0 Å². The molecule has 1 aromatic heterocycles. The molecule has 5 rings (SSSR count). The van der Waals surface area contributed by atoms with Crippen LogP contribution in [0.15, 0.2) is 24.3 Å². The highest BCUT2D eigenvalue weighted by Crippen LogP contribution is 2.33. The molecule has 0 saturated carbocycles. The molecule has 2 aromatic rings. The summed E-state index contributed by atoms with van der Waals surface area (Å²) in [5, 5.41) is 8.91. The molecule has 0 aliphatic carbocycles. The van der Waals surface area contributed by atoms with E-state index in [9.17, 15) is 4.79 Å². The predicted molar refractivity (Wildman–Crippen MR) is 109 cm³/mol. The molecule has 29 heavy (non-hydrogen) atoms. The third-order valence-corrected chi connectivity index (χ3v) is 6.25. The lowest BCUT2D eigenvalue weighted by molar-refractivity contribution is 0.0725. The number of hydrogen-bond acceptors (Lipinski definition) is 6. The number of anilines is 1. The van der Waals surface area contributed by atoms with Crippen molar-refractivity contribution in [2.75, 3.05) is 51.3 Å². The zero-order valence-corrected chi connectivity index (χ0v) is 17.0. The summed E-state index contributed by atoms with van der Waals surface area (Å²) in [5.74, 6) is 2.04. The molecule has 8 heteroatoms. The largest absolute Gasteiger partial charge is 0.378 e. The molecule has 154 valence electrons. The maximum Gasteiger partial charge on any atom is 0.254 e. The van der Waals surface area contributed by atoms with Crippen LogP contribution in [0, 0.1) is 0 Å². The van der Waals surface area contributed by atoms with Crippen molar-refractivity contribution in [3.05, 3.63) is 41.5 Å². The van der Waals surface area contributed by atoms with Gasteiger partial charge in [-0.05, 0) is 38.1 Å². The van der Waals surface area contributed by atoms with E-state index in [-0.39, 0.29) is 11.9 Å². The van der Waals surface area contributed by atoms with Crippen LogP contribution in [-0.4, -0.2) is 76.9 Å². The molecular weight excluding hydrogens is 368 g/mol. The van der Waals surface area contributed by atoms with E-state index in [4.69, 9.17) is 4.74 Å².